The van der Waals surface area contributed by atoms with E-state index in [9.17, 15) is 28.3 Å². The average molecular weight is 374 g/mol. The minimum atomic E-state index is -3.57. The number of rotatable bonds is 6. The zero-order valence-corrected chi connectivity index (χ0v) is 15.1. The highest BCUT2D eigenvalue weighted by molar-refractivity contribution is 5.84. The van der Waals surface area contributed by atoms with Crippen molar-refractivity contribution in [3.63, 3.8) is 0 Å². The van der Waals surface area contributed by atoms with Gasteiger partial charge in [-0.25, -0.2) is 9.59 Å². The molecule has 0 aromatic carbocycles. The molecule has 7 nitrogen and oxygen atoms in total. The van der Waals surface area contributed by atoms with Crippen LogP contribution in [0.3, 0.4) is 0 Å². The number of carboxylic acid groups (broad SMARTS) is 1. The van der Waals surface area contributed by atoms with E-state index in [4.69, 9.17) is 4.74 Å². The van der Waals surface area contributed by atoms with Crippen LogP contribution in [-0.2, 0) is 14.3 Å². The Morgan fingerprint density at radius 2 is 1.96 bits per heavy atom. The van der Waals surface area contributed by atoms with Gasteiger partial charge in [0, 0.05) is 24.4 Å². The lowest BCUT2D eigenvalue weighted by molar-refractivity contribution is -0.145. The van der Waals surface area contributed by atoms with Crippen LogP contribution in [0, 0.1) is 5.41 Å². The predicted octanol–water partition coefficient (Wildman–Crippen LogP) is 2.17. The van der Waals surface area contributed by atoms with Gasteiger partial charge < -0.3 is 15.2 Å². The third kappa shape index (κ3) is 3.96. The van der Waals surface area contributed by atoms with Crippen LogP contribution in [0.15, 0.2) is 12.7 Å². The number of allylic oxidation sites excluding steroid dienone is 1. The molecular weight excluding hydrogens is 350 g/mol. The molecule has 2 aliphatic rings. The van der Waals surface area contributed by atoms with Crippen molar-refractivity contribution in [1.82, 2.24) is 10.2 Å². The summed E-state index contributed by atoms with van der Waals surface area (Å²) < 4.78 is 32.4. The lowest BCUT2D eigenvalue weighted by Gasteiger charge is -2.28. The number of alkyl halides is 2. The van der Waals surface area contributed by atoms with Crippen molar-refractivity contribution in [3.8, 4) is 0 Å². The van der Waals surface area contributed by atoms with Crippen LogP contribution >= 0.6 is 0 Å². The lowest BCUT2D eigenvalue weighted by Crippen LogP contribution is -2.45. The van der Waals surface area contributed by atoms with E-state index in [0.29, 0.717) is 6.42 Å². The molecule has 1 saturated heterocycles. The summed E-state index contributed by atoms with van der Waals surface area (Å²) >= 11 is 0. The van der Waals surface area contributed by atoms with Crippen molar-refractivity contribution in [3.05, 3.63) is 12.7 Å². The van der Waals surface area contributed by atoms with Crippen molar-refractivity contribution in [2.75, 3.05) is 6.54 Å². The molecule has 9 heteroatoms. The Morgan fingerprint density at radius 3 is 2.46 bits per heavy atom. The van der Waals surface area contributed by atoms with E-state index in [2.05, 4.69) is 11.9 Å². The van der Waals surface area contributed by atoms with Crippen LogP contribution in [-0.4, -0.2) is 58.1 Å². The Labute approximate surface area is 150 Å². The molecule has 3 atom stereocenters. The van der Waals surface area contributed by atoms with Crippen LogP contribution in [0.2, 0.25) is 0 Å². The summed E-state index contributed by atoms with van der Waals surface area (Å²) in [5, 5.41) is 11.6. The number of piperidine rings is 1. The molecule has 1 aliphatic carbocycles. The monoisotopic (exact) mass is 374 g/mol. The number of carboxylic acids is 1. The van der Waals surface area contributed by atoms with Gasteiger partial charge in [-0.15, -0.1) is 6.58 Å². The second-order valence-corrected chi connectivity index (χ2v) is 7.91. The highest BCUT2D eigenvalue weighted by Crippen LogP contribution is 2.59. The van der Waals surface area contributed by atoms with Crippen molar-refractivity contribution in [1.29, 1.82) is 0 Å². The molecule has 1 heterocycles. The van der Waals surface area contributed by atoms with Gasteiger partial charge >= 0.3 is 18.0 Å². The summed E-state index contributed by atoms with van der Waals surface area (Å²) in [6.45, 7) is 8.07. The minimum Gasteiger partial charge on any atom is -0.480 e. The first-order valence-corrected chi connectivity index (χ1v) is 8.34. The number of carbonyl (C=O) groups is 3. The molecule has 1 saturated carbocycles. The molecule has 146 valence electrons. The largest absolute Gasteiger partial charge is 0.480 e. The number of likely N-dealkylation sites (tertiary alicyclic amines) is 1. The smallest absolute Gasteiger partial charge is 0.411 e. The van der Waals surface area contributed by atoms with Gasteiger partial charge in [0.1, 0.15) is 11.6 Å². The van der Waals surface area contributed by atoms with Crippen LogP contribution < -0.4 is 5.32 Å². The van der Waals surface area contributed by atoms with Gasteiger partial charge in [-0.3, -0.25) is 9.69 Å². The number of nitrogens with zero attached hydrogens (tertiary/aromatic N) is 1. The SMILES string of the molecule is C=CCC(F)(F)C(=O)NC[C@]12C[C@@H](C(=O)O)N(C(=O)OC(C)(C)C)[C@@H]1C2. The lowest BCUT2D eigenvalue weighted by atomic mass is 9.99. The van der Waals surface area contributed by atoms with Crippen molar-refractivity contribution >= 4 is 18.0 Å². The molecule has 0 aromatic heterocycles. The van der Waals surface area contributed by atoms with Crippen LogP contribution in [0.25, 0.3) is 0 Å². The maximum absolute atomic E-state index is 13.6. The van der Waals surface area contributed by atoms with Crippen LogP contribution in [0.1, 0.15) is 40.0 Å². The molecule has 2 rings (SSSR count). The highest BCUT2D eigenvalue weighted by atomic mass is 19.3. The first-order chi connectivity index (χ1) is 11.8. The number of nitrogens with one attached hydrogen (secondary N) is 1. The van der Waals surface area contributed by atoms with Gasteiger partial charge in [-0.2, -0.15) is 8.78 Å². The zero-order valence-electron chi connectivity index (χ0n) is 15.1. The maximum Gasteiger partial charge on any atom is 0.411 e. The van der Waals surface area contributed by atoms with E-state index >= 15 is 0 Å². The molecule has 2 fully saturated rings. The molecule has 26 heavy (non-hydrogen) atoms. The number of ether oxygens (including phenoxy) is 1. The molecule has 2 N–H and O–H groups in total. The number of amides is 2. The Bertz CT molecular complexity index is 631. The fourth-order valence-corrected chi connectivity index (χ4v) is 3.34. The standard InChI is InChI=1S/C17H24F2N2O5/c1-5-6-17(18,19)13(24)20-9-16-7-10(12(22)23)21(11(16)8-16)14(25)26-15(2,3)4/h5,10-11H,1,6-9H2,2-4H3,(H,20,24)(H,22,23)/t10-,11+,16+/m0/s1. The molecule has 0 unspecified atom stereocenters. The quantitative estimate of drug-likeness (QED) is 0.695. The number of fused-ring (bicyclic) bond motifs is 1. The van der Waals surface area contributed by atoms with Crippen LogP contribution in [0.5, 0.6) is 0 Å². The van der Waals surface area contributed by atoms with Gasteiger partial charge in [-0.1, -0.05) is 6.08 Å². The fourth-order valence-electron chi connectivity index (χ4n) is 3.34. The fraction of sp³-hybridized carbons (Fsp3) is 0.706. The van der Waals surface area contributed by atoms with Gasteiger partial charge in [-0.05, 0) is 33.6 Å². The summed E-state index contributed by atoms with van der Waals surface area (Å²) in [5.74, 6) is -6.19. The topological polar surface area (TPSA) is 95.9 Å². The third-order valence-electron chi connectivity index (χ3n) is 4.64. The van der Waals surface area contributed by atoms with E-state index in [1.54, 1.807) is 20.8 Å². The molecule has 0 aromatic rings. The summed E-state index contributed by atoms with van der Waals surface area (Å²) in [7, 11) is 0. The highest BCUT2D eigenvalue weighted by Gasteiger charge is 2.68. The van der Waals surface area contributed by atoms with E-state index in [1.165, 1.54) is 0 Å². The molecule has 0 radical (unpaired) electrons. The summed E-state index contributed by atoms with van der Waals surface area (Å²) in [4.78, 5) is 36.7. The van der Waals surface area contributed by atoms with Crippen molar-refractivity contribution < 1.29 is 33.0 Å². The van der Waals surface area contributed by atoms with Gasteiger partial charge in [0.25, 0.3) is 5.91 Å². The van der Waals surface area contributed by atoms with E-state index < -0.39 is 53.4 Å². The Hall–Kier alpha value is -2.19. The van der Waals surface area contributed by atoms with Crippen molar-refractivity contribution in [2.24, 2.45) is 5.41 Å². The normalized spacial score (nSPS) is 27.5. The van der Waals surface area contributed by atoms with Crippen molar-refractivity contribution in [2.45, 2.75) is 63.6 Å². The second kappa shape index (κ2) is 6.51. The minimum absolute atomic E-state index is 0.0829. The van der Waals surface area contributed by atoms with Crippen LogP contribution in [0.4, 0.5) is 13.6 Å². The number of carbonyl (C=O) groups excluding carboxylic acids is 2. The molecule has 2 amide bonds. The molecular formula is C17H24F2N2O5. The Morgan fingerprint density at radius 1 is 1.35 bits per heavy atom. The Kier molecular flexibility index (Phi) is 5.04. The summed E-state index contributed by atoms with van der Waals surface area (Å²) in [6.07, 6.45) is -0.0598. The summed E-state index contributed by atoms with van der Waals surface area (Å²) in [6, 6.07) is -1.55. The van der Waals surface area contributed by atoms with E-state index in [0.717, 1.165) is 11.0 Å². The number of hydrogen-bond donors (Lipinski definition) is 2. The molecule has 0 spiro atoms. The van der Waals surface area contributed by atoms with E-state index in [1.807, 2.05) is 0 Å². The number of aliphatic carboxylic acids is 1. The number of halogens is 2. The first-order valence-electron chi connectivity index (χ1n) is 8.34. The average Bonchev–Trinajstić information content (AvgIpc) is 3.07. The van der Waals surface area contributed by atoms with Gasteiger partial charge in [0.05, 0.1) is 0 Å². The zero-order chi connectivity index (χ0) is 19.9. The summed E-state index contributed by atoms with van der Waals surface area (Å²) in [5.41, 5.74) is -1.50. The first kappa shape index (κ1) is 20.1. The molecule has 1 aliphatic heterocycles. The maximum atomic E-state index is 13.6. The predicted molar refractivity (Wildman–Crippen MR) is 87.7 cm³/mol. The van der Waals surface area contributed by atoms with Gasteiger partial charge in [0.2, 0.25) is 0 Å². The second-order valence-electron chi connectivity index (χ2n) is 7.91. The number of hydrogen-bond acceptors (Lipinski definition) is 4. The Balaban J connectivity index is 2.06. The van der Waals surface area contributed by atoms with Gasteiger partial charge in [0.15, 0.2) is 0 Å². The molecule has 0 bridgehead atoms. The van der Waals surface area contributed by atoms with E-state index in [-0.39, 0.29) is 13.0 Å². The third-order valence-corrected chi connectivity index (χ3v) is 4.64.